The molecule has 0 bridgehead atoms. The van der Waals surface area contributed by atoms with Crippen LogP contribution in [0.5, 0.6) is 0 Å². The molecule has 3 aromatic carbocycles. The zero-order valence-electron chi connectivity index (χ0n) is 16.8. The predicted octanol–water partition coefficient (Wildman–Crippen LogP) is 5.60. The Labute approximate surface area is 177 Å². The lowest BCUT2D eigenvalue weighted by Gasteiger charge is -2.20. The highest BCUT2D eigenvalue weighted by atomic mass is 32.1. The van der Waals surface area contributed by atoms with Crippen molar-refractivity contribution in [3.8, 4) is 0 Å². The monoisotopic (exact) mass is 403 g/mol. The summed E-state index contributed by atoms with van der Waals surface area (Å²) >= 11 is 5.51. The van der Waals surface area contributed by atoms with Crippen LogP contribution < -0.4 is 16.0 Å². The lowest BCUT2D eigenvalue weighted by molar-refractivity contribution is 0.102. The Hall–Kier alpha value is -3.18. The fraction of sp³-hybridized carbons (Fsp3) is 0.167. The normalized spacial score (nSPS) is 11.4. The third-order valence-corrected chi connectivity index (χ3v) is 4.97. The molecule has 0 fully saturated rings. The summed E-state index contributed by atoms with van der Waals surface area (Å²) in [6.45, 7) is 6.15. The number of carbonyl (C=O) groups is 1. The van der Waals surface area contributed by atoms with E-state index in [0.29, 0.717) is 10.7 Å². The van der Waals surface area contributed by atoms with Crippen molar-refractivity contribution < 1.29 is 4.79 Å². The van der Waals surface area contributed by atoms with E-state index >= 15 is 0 Å². The summed E-state index contributed by atoms with van der Waals surface area (Å²) in [7, 11) is 0. The molecule has 3 aromatic rings. The average Bonchev–Trinajstić information content (AvgIpc) is 2.71. The first-order valence-corrected chi connectivity index (χ1v) is 9.95. The highest BCUT2D eigenvalue weighted by molar-refractivity contribution is 7.80. The van der Waals surface area contributed by atoms with E-state index in [1.807, 2.05) is 55.5 Å². The van der Waals surface area contributed by atoms with Gasteiger partial charge in [-0.1, -0.05) is 48.5 Å². The van der Waals surface area contributed by atoms with Crippen LogP contribution in [0.1, 0.15) is 40.0 Å². The van der Waals surface area contributed by atoms with Gasteiger partial charge in [0.15, 0.2) is 5.11 Å². The molecule has 3 N–H and O–H groups in total. The van der Waals surface area contributed by atoms with Crippen molar-refractivity contribution in [1.82, 2.24) is 5.32 Å². The third-order valence-electron chi connectivity index (χ3n) is 4.75. The van der Waals surface area contributed by atoms with E-state index < -0.39 is 0 Å². The number of rotatable bonds is 5. The van der Waals surface area contributed by atoms with E-state index in [0.717, 1.165) is 28.1 Å². The Kier molecular flexibility index (Phi) is 6.62. The Bertz CT molecular complexity index is 997. The quantitative estimate of drug-likeness (QED) is 0.485. The van der Waals surface area contributed by atoms with Gasteiger partial charge in [0.05, 0.1) is 6.04 Å². The van der Waals surface area contributed by atoms with Crippen molar-refractivity contribution in [2.75, 3.05) is 10.6 Å². The van der Waals surface area contributed by atoms with Crippen molar-refractivity contribution in [3.05, 3.63) is 95.1 Å². The molecule has 0 aliphatic heterocycles. The molecular formula is C24H25N3OS. The SMILES string of the molecule is Cc1cccc(C)c1NC(=S)NC(C)c1cccc(NC(=O)c2ccccc2)c1. The molecule has 0 aliphatic rings. The van der Waals surface area contributed by atoms with Crippen LogP contribution in [-0.4, -0.2) is 11.0 Å². The Morgan fingerprint density at radius 1 is 0.862 bits per heavy atom. The van der Waals surface area contributed by atoms with Crippen LogP contribution in [0.15, 0.2) is 72.8 Å². The standard InChI is InChI=1S/C24H25N3OS/c1-16-9-7-10-17(2)22(16)27-24(29)25-18(3)20-13-8-14-21(15-20)26-23(28)19-11-5-4-6-12-19/h4-15,18H,1-3H3,(H,26,28)(H2,25,27,29). The van der Waals surface area contributed by atoms with E-state index in [2.05, 4.69) is 41.9 Å². The van der Waals surface area contributed by atoms with Gasteiger partial charge >= 0.3 is 0 Å². The maximum absolute atomic E-state index is 12.4. The van der Waals surface area contributed by atoms with E-state index in [4.69, 9.17) is 12.2 Å². The van der Waals surface area contributed by atoms with Crippen LogP contribution >= 0.6 is 12.2 Å². The number of benzene rings is 3. The maximum Gasteiger partial charge on any atom is 0.255 e. The molecule has 0 spiro atoms. The van der Waals surface area contributed by atoms with Gasteiger partial charge in [0, 0.05) is 16.9 Å². The number of amides is 1. The van der Waals surface area contributed by atoms with Gasteiger partial charge in [-0.15, -0.1) is 0 Å². The Balaban J connectivity index is 1.65. The van der Waals surface area contributed by atoms with E-state index in [1.54, 1.807) is 12.1 Å². The van der Waals surface area contributed by atoms with Gasteiger partial charge in [0.2, 0.25) is 0 Å². The lowest BCUT2D eigenvalue weighted by atomic mass is 10.1. The van der Waals surface area contributed by atoms with Gasteiger partial charge in [0.1, 0.15) is 0 Å². The fourth-order valence-corrected chi connectivity index (χ4v) is 3.40. The van der Waals surface area contributed by atoms with Crippen LogP contribution in [0.25, 0.3) is 0 Å². The third kappa shape index (κ3) is 5.42. The lowest BCUT2D eigenvalue weighted by Crippen LogP contribution is -2.31. The number of anilines is 2. The first-order valence-electron chi connectivity index (χ1n) is 9.54. The second-order valence-corrected chi connectivity index (χ2v) is 7.44. The molecule has 0 saturated heterocycles. The smallest absolute Gasteiger partial charge is 0.255 e. The topological polar surface area (TPSA) is 53.2 Å². The fourth-order valence-electron chi connectivity index (χ4n) is 3.12. The van der Waals surface area contributed by atoms with Crippen molar-refractivity contribution in [3.63, 3.8) is 0 Å². The number of hydrogen-bond donors (Lipinski definition) is 3. The molecule has 0 heterocycles. The van der Waals surface area contributed by atoms with Gasteiger partial charge in [-0.25, -0.2) is 0 Å². The summed E-state index contributed by atoms with van der Waals surface area (Å²) in [5.74, 6) is -0.129. The molecule has 1 amide bonds. The molecule has 1 unspecified atom stereocenters. The van der Waals surface area contributed by atoms with Gasteiger partial charge in [-0.2, -0.15) is 0 Å². The molecule has 148 valence electrons. The number of para-hydroxylation sites is 1. The van der Waals surface area contributed by atoms with Crippen LogP contribution in [0, 0.1) is 13.8 Å². The van der Waals surface area contributed by atoms with Crippen LogP contribution in [0.3, 0.4) is 0 Å². The van der Waals surface area contributed by atoms with Crippen molar-refractivity contribution in [2.45, 2.75) is 26.8 Å². The van der Waals surface area contributed by atoms with Gasteiger partial charge in [-0.05, 0) is 73.9 Å². The molecular weight excluding hydrogens is 378 g/mol. The van der Waals surface area contributed by atoms with Crippen LogP contribution in [0.2, 0.25) is 0 Å². The summed E-state index contributed by atoms with van der Waals surface area (Å²) < 4.78 is 0. The zero-order valence-corrected chi connectivity index (χ0v) is 17.6. The molecule has 29 heavy (non-hydrogen) atoms. The van der Waals surface area contributed by atoms with Crippen molar-refractivity contribution >= 4 is 34.6 Å². The molecule has 4 nitrogen and oxygen atoms in total. The summed E-state index contributed by atoms with van der Waals surface area (Å²) in [6, 6.07) is 23.1. The number of hydrogen-bond acceptors (Lipinski definition) is 2. The summed E-state index contributed by atoms with van der Waals surface area (Å²) in [5.41, 5.74) is 5.73. The Morgan fingerprint density at radius 2 is 1.52 bits per heavy atom. The van der Waals surface area contributed by atoms with Crippen LogP contribution in [-0.2, 0) is 0 Å². The number of nitrogens with one attached hydrogen (secondary N) is 3. The second-order valence-electron chi connectivity index (χ2n) is 7.03. The van der Waals surface area contributed by atoms with Gasteiger partial charge in [0.25, 0.3) is 5.91 Å². The van der Waals surface area contributed by atoms with Gasteiger partial charge in [-0.3, -0.25) is 4.79 Å². The summed E-state index contributed by atoms with van der Waals surface area (Å²) in [4.78, 5) is 12.4. The second kappa shape index (κ2) is 9.34. The number of thiocarbonyl (C=S) groups is 1. The average molecular weight is 404 g/mol. The van der Waals surface area contributed by atoms with E-state index in [1.165, 1.54) is 0 Å². The van der Waals surface area contributed by atoms with Crippen LogP contribution in [0.4, 0.5) is 11.4 Å². The maximum atomic E-state index is 12.4. The first-order chi connectivity index (χ1) is 13.9. The highest BCUT2D eigenvalue weighted by Crippen LogP contribution is 2.21. The zero-order chi connectivity index (χ0) is 20.8. The Morgan fingerprint density at radius 3 is 2.21 bits per heavy atom. The first kappa shape index (κ1) is 20.6. The largest absolute Gasteiger partial charge is 0.356 e. The minimum Gasteiger partial charge on any atom is -0.356 e. The van der Waals surface area contributed by atoms with E-state index in [-0.39, 0.29) is 11.9 Å². The molecule has 3 rings (SSSR count). The van der Waals surface area contributed by atoms with Gasteiger partial charge < -0.3 is 16.0 Å². The van der Waals surface area contributed by atoms with E-state index in [9.17, 15) is 4.79 Å². The minimum absolute atomic E-state index is 0.0205. The van der Waals surface area contributed by atoms with Crippen molar-refractivity contribution in [1.29, 1.82) is 0 Å². The number of carbonyl (C=O) groups excluding carboxylic acids is 1. The molecule has 0 aliphatic carbocycles. The molecule has 0 saturated carbocycles. The predicted molar refractivity (Wildman–Crippen MR) is 125 cm³/mol. The molecule has 5 heteroatoms. The molecule has 1 atom stereocenters. The minimum atomic E-state index is -0.129. The summed E-state index contributed by atoms with van der Waals surface area (Å²) in [6.07, 6.45) is 0. The summed E-state index contributed by atoms with van der Waals surface area (Å²) in [5, 5.41) is 10.1. The highest BCUT2D eigenvalue weighted by Gasteiger charge is 2.11. The number of aryl methyl sites for hydroxylation is 2. The molecule has 0 radical (unpaired) electrons. The van der Waals surface area contributed by atoms with Crippen molar-refractivity contribution in [2.24, 2.45) is 0 Å². The molecule has 0 aromatic heterocycles.